The first-order valence-electron chi connectivity index (χ1n) is 9.97. The van der Waals surface area contributed by atoms with Crippen molar-refractivity contribution in [3.63, 3.8) is 0 Å². The van der Waals surface area contributed by atoms with Crippen LogP contribution in [0.25, 0.3) is 0 Å². The minimum Gasteiger partial charge on any atom is -0.346 e. The molecule has 31 heavy (non-hydrogen) atoms. The van der Waals surface area contributed by atoms with Crippen LogP contribution in [0.2, 0.25) is 0 Å². The minimum atomic E-state index is -0.675. The summed E-state index contributed by atoms with van der Waals surface area (Å²) in [6, 6.07) is 4.86. The van der Waals surface area contributed by atoms with Crippen molar-refractivity contribution in [3.8, 4) is 0 Å². The average Bonchev–Trinajstić information content (AvgIpc) is 3.20. The van der Waals surface area contributed by atoms with Crippen LogP contribution in [0.1, 0.15) is 23.2 Å². The molecule has 2 amide bonds. The molecule has 1 aliphatic rings. The van der Waals surface area contributed by atoms with Crippen LogP contribution >= 0.6 is 23.1 Å². The maximum absolute atomic E-state index is 13.3. The van der Waals surface area contributed by atoms with E-state index in [2.05, 4.69) is 15.2 Å². The number of nitro groups is 1. The van der Waals surface area contributed by atoms with Gasteiger partial charge >= 0.3 is 0 Å². The Morgan fingerprint density at radius 3 is 2.87 bits per heavy atom. The highest BCUT2D eigenvalue weighted by Crippen LogP contribution is 2.20. The van der Waals surface area contributed by atoms with Crippen LogP contribution in [0.3, 0.4) is 0 Å². The molecular formula is C20H25N5O4S2. The van der Waals surface area contributed by atoms with Gasteiger partial charge in [0, 0.05) is 55.5 Å². The Balaban J connectivity index is 1.68. The molecule has 0 bridgehead atoms. The van der Waals surface area contributed by atoms with E-state index >= 15 is 0 Å². The van der Waals surface area contributed by atoms with Crippen molar-refractivity contribution in [3.05, 3.63) is 51.5 Å². The fraction of sp³-hybridized carbons (Fsp3) is 0.450. The number of non-ortho nitro benzene ring substituents is 1. The van der Waals surface area contributed by atoms with Crippen molar-refractivity contribution in [1.29, 1.82) is 0 Å². The number of aromatic nitrogens is 1. The number of anilines is 1. The van der Waals surface area contributed by atoms with Gasteiger partial charge in [-0.25, -0.2) is 4.98 Å². The molecule has 166 valence electrons. The number of amides is 2. The highest BCUT2D eigenvalue weighted by atomic mass is 32.2. The molecule has 0 aliphatic carbocycles. The topological polar surface area (TPSA) is 109 Å². The first kappa shape index (κ1) is 23.0. The molecule has 1 saturated heterocycles. The summed E-state index contributed by atoms with van der Waals surface area (Å²) in [7, 11) is 0. The number of rotatable bonds is 8. The highest BCUT2D eigenvalue weighted by molar-refractivity contribution is 7.98. The largest absolute Gasteiger partial charge is 0.346 e. The molecular weight excluding hydrogens is 438 g/mol. The van der Waals surface area contributed by atoms with Crippen LogP contribution < -0.4 is 10.2 Å². The predicted octanol–water partition coefficient (Wildman–Crippen LogP) is 2.64. The van der Waals surface area contributed by atoms with Crippen LogP contribution in [-0.2, 0) is 4.79 Å². The third kappa shape index (κ3) is 6.17. The smallest absolute Gasteiger partial charge is 0.270 e. The van der Waals surface area contributed by atoms with Gasteiger partial charge in [-0.3, -0.25) is 19.7 Å². The summed E-state index contributed by atoms with van der Waals surface area (Å²) in [6.07, 6.45) is 5.03. The Morgan fingerprint density at radius 2 is 2.16 bits per heavy atom. The molecule has 1 fully saturated rings. The van der Waals surface area contributed by atoms with Gasteiger partial charge in [0.15, 0.2) is 5.13 Å². The van der Waals surface area contributed by atoms with Crippen LogP contribution in [0.5, 0.6) is 0 Å². The zero-order chi connectivity index (χ0) is 22.2. The van der Waals surface area contributed by atoms with Crippen molar-refractivity contribution in [2.24, 2.45) is 0 Å². The second-order valence-electron chi connectivity index (χ2n) is 7.10. The molecule has 2 heterocycles. The summed E-state index contributed by atoms with van der Waals surface area (Å²) in [4.78, 5) is 44.8. The van der Waals surface area contributed by atoms with Gasteiger partial charge in [-0.05, 0) is 30.9 Å². The molecule has 1 aromatic carbocycles. The van der Waals surface area contributed by atoms with E-state index in [1.807, 2.05) is 11.6 Å². The standard InChI is InChI=1S/C20H25N5O4S2/c1-30-12-6-17(22-18(26)15-4-2-5-16(14-15)25(28)29)19(27)23-8-3-9-24(11-10-23)20-21-7-13-31-20/h2,4-5,7,13-14,17H,3,6,8-12H2,1H3,(H,22,26). The first-order chi connectivity index (χ1) is 15.0. The number of thiazole rings is 1. The van der Waals surface area contributed by atoms with E-state index in [4.69, 9.17) is 0 Å². The zero-order valence-electron chi connectivity index (χ0n) is 17.2. The Morgan fingerprint density at radius 1 is 1.32 bits per heavy atom. The van der Waals surface area contributed by atoms with Crippen molar-refractivity contribution in [2.75, 3.05) is 43.1 Å². The molecule has 1 N–H and O–H groups in total. The van der Waals surface area contributed by atoms with Crippen LogP contribution in [0.4, 0.5) is 10.8 Å². The van der Waals surface area contributed by atoms with Gasteiger partial charge in [-0.1, -0.05) is 6.07 Å². The van der Waals surface area contributed by atoms with Gasteiger partial charge in [-0.15, -0.1) is 11.3 Å². The zero-order valence-corrected chi connectivity index (χ0v) is 18.9. The quantitative estimate of drug-likeness (QED) is 0.473. The summed E-state index contributed by atoms with van der Waals surface area (Å²) >= 11 is 3.18. The minimum absolute atomic E-state index is 0.117. The van der Waals surface area contributed by atoms with Gasteiger partial charge in [-0.2, -0.15) is 11.8 Å². The van der Waals surface area contributed by atoms with Crippen LogP contribution in [0, 0.1) is 10.1 Å². The highest BCUT2D eigenvalue weighted by Gasteiger charge is 2.28. The van der Waals surface area contributed by atoms with Crippen molar-refractivity contribution < 1.29 is 14.5 Å². The molecule has 0 radical (unpaired) electrons. The normalized spacial score (nSPS) is 15.3. The van der Waals surface area contributed by atoms with E-state index in [9.17, 15) is 19.7 Å². The Labute approximate surface area is 189 Å². The van der Waals surface area contributed by atoms with Crippen molar-refractivity contribution in [2.45, 2.75) is 18.9 Å². The lowest BCUT2D eigenvalue weighted by Gasteiger charge is -2.27. The van der Waals surface area contributed by atoms with Gasteiger partial charge < -0.3 is 15.1 Å². The first-order valence-corrected chi connectivity index (χ1v) is 12.2. The fourth-order valence-corrected chi connectivity index (χ4v) is 4.59. The van der Waals surface area contributed by atoms with Gasteiger partial charge in [0.25, 0.3) is 11.6 Å². The monoisotopic (exact) mass is 463 g/mol. The molecule has 11 heteroatoms. The second kappa shape index (κ2) is 11.1. The van der Waals surface area contributed by atoms with E-state index in [-0.39, 0.29) is 17.2 Å². The summed E-state index contributed by atoms with van der Waals surface area (Å²) < 4.78 is 0. The number of benzene rings is 1. The van der Waals surface area contributed by atoms with Crippen LogP contribution in [0.15, 0.2) is 35.8 Å². The van der Waals surface area contributed by atoms with E-state index in [1.54, 1.807) is 34.2 Å². The number of hydrogen-bond acceptors (Lipinski definition) is 8. The summed E-state index contributed by atoms with van der Waals surface area (Å²) in [5, 5.41) is 16.7. The van der Waals surface area contributed by atoms with Crippen LogP contribution in [-0.4, -0.2) is 70.9 Å². The van der Waals surface area contributed by atoms with E-state index in [1.165, 1.54) is 24.3 Å². The van der Waals surface area contributed by atoms with Gasteiger partial charge in [0.2, 0.25) is 5.91 Å². The lowest BCUT2D eigenvalue weighted by molar-refractivity contribution is -0.384. The van der Waals surface area contributed by atoms with Gasteiger partial charge in [0.1, 0.15) is 6.04 Å². The molecule has 1 aromatic heterocycles. The maximum atomic E-state index is 13.3. The number of nitrogens with one attached hydrogen (secondary N) is 1. The Kier molecular flexibility index (Phi) is 8.24. The average molecular weight is 464 g/mol. The maximum Gasteiger partial charge on any atom is 0.270 e. The molecule has 2 aromatic rings. The predicted molar refractivity (Wildman–Crippen MR) is 123 cm³/mol. The molecule has 1 unspecified atom stereocenters. The lowest BCUT2D eigenvalue weighted by atomic mass is 10.1. The molecule has 1 atom stereocenters. The second-order valence-corrected chi connectivity index (χ2v) is 8.95. The lowest BCUT2D eigenvalue weighted by Crippen LogP contribution is -2.49. The van der Waals surface area contributed by atoms with Gasteiger partial charge in [0.05, 0.1) is 4.92 Å². The fourth-order valence-electron chi connectivity index (χ4n) is 3.42. The summed E-state index contributed by atoms with van der Waals surface area (Å²) in [6.45, 7) is 2.68. The third-order valence-corrected chi connectivity index (χ3v) is 6.51. The molecule has 1 aliphatic heterocycles. The number of carbonyl (C=O) groups excluding carboxylic acids is 2. The van der Waals surface area contributed by atoms with E-state index in [0.717, 1.165) is 18.1 Å². The SMILES string of the molecule is CSCCC(NC(=O)c1cccc([N+](=O)[O-])c1)C(=O)N1CCCN(c2nccs2)CC1. The van der Waals surface area contributed by atoms with E-state index < -0.39 is 16.9 Å². The third-order valence-electron chi connectivity index (χ3n) is 5.03. The Hall–Kier alpha value is -2.66. The molecule has 9 nitrogen and oxygen atoms in total. The number of thioether (sulfide) groups is 1. The Bertz CT molecular complexity index is 909. The number of nitro benzene ring substituents is 1. The van der Waals surface area contributed by atoms with Crippen molar-refractivity contribution >= 4 is 45.7 Å². The molecule has 0 spiro atoms. The summed E-state index contributed by atoms with van der Waals surface area (Å²) in [5.41, 5.74) is 0.0106. The molecule has 0 saturated carbocycles. The summed E-state index contributed by atoms with van der Waals surface area (Å²) in [5.74, 6) is 0.112. The number of hydrogen-bond donors (Lipinski definition) is 1. The number of nitrogens with zero attached hydrogens (tertiary/aromatic N) is 4. The number of carbonyl (C=O) groups is 2. The van der Waals surface area contributed by atoms with Crippen molar-refractivity contribution in [1.82, 2.24) is 15.2 Å². The van der Waals surface area contributed by atoms with E-state index in [0.29, 0.717) is 31.8 Å². The molecule has 3 rings (SSSR count).